The Bertz CT molecular complexity index is 460. The minimum atomic E-state index is 0.368. The highest BCUT2D eigenvalue weighted by Gasteiger charge is 2.15. The molecule has 0 fully saturated rings. The lowest BCUT2D eigenvalue weighted by Gasteiger charge is -2.20. The Morgan fingerprint density at radius 3 is 2.95 bits per heavy atom. The largest absolute Gasteiger partial charge is 0.486 e. The summed E-state index contributed by atoms with van der Waals surface area (Å²) in [6.07, 6.45) is 5.41. The van der Waals surface area contributed by atoms with Crippen molar-refractivity contribution in [2.45, 2.75) is 26.3 Å². The number of fused-ring (bicyclic) bond motifs is 1. The van der Waals surface area contributed by atoms with Crippen molar-refractivity contribution in [1.82, 2.24) is 5.32 Å². The third-order valence-electron chi connectivity index (χ3n) is 2.91. The second kappa shape index (κ2) is 6.96. The minimum Gasteiger partial charge on any atom is -0.486 e. The van der Waals surface area contributed by atoms with Gasteiger partial charge in [0.25, 0.3) is 0 Å². The molecular formula is C15H20BrNO2. The number of benzene rings is 1. The number of halogens is 1. The Labute approximate surface area is 123 Å². The van der Waals surface area contributed by atoms with E-state index >= 15 is 0 Å². The van der Waals surface area contributed by atoms with E-state index in [0.717, 1.165) is 34.5 Å². The Hall–Kier alpha value is -1.00. The standard InChI is InChI=1S/C15H20BrNO2/c1-3-6-17-11(2)4-5-12-9-13(16)15-14(10-12)18-7-8-19-15/h4-5,9-11,17H,3,6-8H2,1-2H3/b5-4+. The number of rotatable bonds is 5. The molecule has 1 atom stereocenters. The summed E-state index contributed by atoms with van der Waals surface area (Å²) < 4.78 is 12.1. The molecule has 1 heterocycles. The van der Waals surface area contributed by atoms with Crippen LogP contribution in [0.5, 0.6) is 11.5 Å². The van der Waals surface area contributed by atoms with E-state index in [1.165, 1.54) is 0 Å². The van der Waals surface area contributed by atoms with Crippen LogP contribution in [0, 0.1) is 0 Å². The molecule has 0 aromatic heterocycles. The van der Waals surface area contributed by atoms with Crippen molar-refractivity contribution in [2.24, 2.45) is 0 Å². The zero-order valence-electron chi connectivity index (χ0n) is 11.4. The van der Waals surface area contributed by atoms with Gasteiger partial charge in [-0.25, -0.2) is 0 Å². The van der Waals surface area contributed by atoms with E-state index in [-0.39, 0.29) is 0 Å². The third kappa shape index (κ3) is 3.98. The molecule has 1 aliphatic rings. The van der Waals surface area contributed by atoms with Gasteiger partial charge in [0.1, 0.15) is 13.2 Å². The van der Waals surface area contributed by atoms with E-state index in [1.807, 2.05) is 6.07 Å². The van der Waals surface area contributed by atoms with Crippen molar-refractivity contribution >= 4 is 22.0 Å². The summed E-state index contributed by atoms with van der Waals surface area (Å²) in [5, 5.41) is 3.43. The lowest BCUT2D eigenvalue weighted by Crippen LogP contribution is -2.24. The molecular weight excluding hydrogens is 306 g/mol. The van der Waals surface area contributed by atoms with E-state index in [9.17, 15) is 0 Å². The molecule has 0 bridgehead atoms. The van der Waals surface area contributed by atoms with Gasteiger partial charge in [-0.15, -0.1) is 0 Å². The zero-order valence-corrected chi connectivity index (χ0v) is 13.0. The summed E-state index contributed by atoms with van der Waals surface area (Å²) in [6.45, 7) is 6.58. The van der Waals surface area contributed by atoms with Gasteiger partial charge < -0.3 is 14.8 Å². The average molecular weight is 326 g/mol. The van der Waals surface area contributed by atoms with Crippen LogP contribution < -0.4 is 14.8 Å². The molecule has 0 amide bonds. The maximum absolute atomic E-state index is 5.61. The second-order valence-corrected chi connectivity index (χ2v) is 5.48. The maximum Gasteiger partial charge on any atom is 0.175 e. The van der Waals surface area contributed by atoms with Crippen LogP contribution in [-0.4, -0.2) is 25.8 Å². The zero-order chi connectivity index (χ0) is 13.7. The molecule has 0 saturated carbocycles. The van der Waals surface area contributed by atoms with Crippen LogP contribution in [0.25, 0.3) is 6.08 Å². The fourth-order valence-corrected chi connectivity index (χ4v) is 2.50. The summed E-state index contributed by atoms with van der Waals surface area (Å²) in [4.78, 5) is 0. The summed E-state index contributed by atoms with van der Waals surface area (Å²) in [7, 11) is 0. The first-order valence-electron chi connectivity index (χ1n) is 6.71. The summed E-state index contributed by atoms with van der Waals surface area (Å²) in [5.41, 5.74) is 1.11. The quantitative estimate of drug-likeness (QED) is 0.896. The molecule has 0 radical (unpaired) electrons. The second-order valence-electron chi connectivity index (χ2n) is 4.63. The van der Waals surface area contributed by atoms with Crippen molar-refractivity contribution in [2.75, 3.05) is 19.8 Å². The van der Waals surface area contributed by atoms with Gasteiger partial charge in [-0.3, -0.25) is 0 Å². The van der Waals surface area contributed by atoms with Gasteiger partial charge in [0.2, 0.25) is 0 Å². The number of nitrogens with one attached hydrogen (secondary N) is 1. The van der Waals surface area contributed by atoms with Crippen molar-refractivity contribution in [3.05, 3.63) is 28.2 Å². The Kier molecular flexibility index (Phi) is 5.28. The van der Waals surface area contributed by atoms with E-state index in [1.54, 1.807) is 0 Å². The highest BCUT2D eigenvalue weighted by Crippen LogP contribution is 2.38. The molecule has 19 heavy (non-hydrogen) atoms. The molecule has 3 nitrogen and oxygen atoms in total. The smallest absolute Gasteiger partial charge is 0.175 e. The fraction of sp³-hybridized carbons (Fsp3) is 0.467. The van der Waals surface area contributed by atoms with Crippen LogP contribution in [0.15, 0.2) is 22.7 Å². The molecule has 1 aromatic carbocycles. The highest BCUT2D eigenvalue weighted by molar-refractivity contribution is 9.10. The average Bonchev–Trinajstić information content (AvgIpc) is 2.43. The van der Waals surface area contributed by atoms with E-state index in [0.29, 0.717) is 19.3 Å². The molecule has 1 unspecified atom stereocenters. The Morgan fingerprint density at radius 2 is 2.16 bits per heavy atom. The number of hydrogen-bond acceptors (Lipinski definition) is 3. The maximum atomic E-state index is 5.61. The van der Waals surface area contributed by atoms with E-state index in [2.05, 4.69) is 53.3 Å². The first kappa shape index (κ1) is 14.4. The lowest BCUT2D eigenvalue weighted by molar-refractivity contribution is 0.170. The van der Waals surface area contributed by atoms with Gasteiger partial charge in [-0.2, -0.15) is 0 Å². The molecule has 104 valence electrons. The third-order valence-corrected chi connectivity index (χ3v) is 3.50. The van der Waals surface area contributed by atoms with Crippen LogP contribution in [-0.2, 0) is 0 Å². The van der Waals surface area contributed by atoms with Crippen LogP contribution in [0.4, 0.5) is 0 Å². The normalized spacial score (nSPS) is 15.7. The van der Waals surface area contributed by atoms with Crippen molar-refractivity contribution in [1.29, 1.82) is 0 Å². The molecule has 1 N–H and O–H groups in total. The first-order valence-corrected chi connectivity index (χ1v) is 7.50. The van der Waals surface area contributed by atoms with Gasteiger partial charge in [0.15, 0.2) is 11.5 Å². The molecule has 2 rings (SSSR count). The highest BCUT2D eigenvalue weighted by atomic mass is 79.9. The van der Waals surface area contributed by atoms with Gasteiger partial charge in [-0.05, 0) is 53.5 Å². The van der Waals surface area contributed by atoms with Crippen LogP contribution in [0.2, 0.25) is 0 Å². The summed E-state index contributed by atoms with van der Waals surface area (Å²) in [6, 6.07) is 4.44. The molecule has 4 heteroatoms. The number of ether oxygens (including phenoxy) is 2. The van der Waals surface area contributed by atoms with Gasteiger partial charge in [0.05, 0.1) is 4.47 Å². The van der Waals surface area contributed by atoms with Gasteiger partial charge >= 0.3 is 0 Å². The molecule has 1 aromatic rings. The van der Waals surface area contributed by atoms with Crippen molar-refractivity contribution in [3.63, 3.8) is 0 Å². The predicted octanol–water partition coefficient (Wildman–Crippen LogP) is 3.62. The van der Waals surface area contributed by atoms with Gasteiger partial charge in [-0.1, -0.05) is 19.1 Å². The van der Waals surface area contributed by atoms with Crippen LogP contribution in [0.1, 0.15) is 25.8 Å². The summed E-state index contributed by atoms with van der Waals surface area (Å²) in [5.74, 6) is 1.62. The Balaban J connectivity index is 2.08. The molecule has 0 aliphatic carbocycles. The molecule has 0 saturated heterocycles. The van der Waals surface area contributed by atoms with Crippen LogP contribution in [0.3, 0.4) is 0 Å². The molecule has 0 spiro atoms. The van der Waals surface area contributed by atoms with Crippen LogP contribution >= 0.6 is 15.9 Å². The topological polar surface area (TPSA) is 30.5 Å². The van der Waals surface area contributed by atoms with Crippen molar-refractivity contribution < 1.29 is 9.47 Å². The van der Waals surface area contributed by atoms with E-state index < -0.39 is 0 Å². The van der Waals surface area contributed by atoms with E-state index in [4.69, 9.17) is 9.47 Å². The minimum absolute atomic E-state index is 0.368. The van der Waals surface area contributed by atoms with Crippen molar-refractivity contribution in [3.8, 4) is 11.5 Å². The fourth-order valence-electron chi connectivity index (χ4n) is 1.92. The lowest BCUT2D eigenvalue weighted by atomic mass is 10.1. The predicted molar refractivity (Wildman–Crippen MR) is 81.9 cm³/mol. The molecule has 1 aliphatic heterocycles. The first-order chi connectivity index (χ1) is 9.20. The SMILES string of the molecule is CCCNC(C)/C=C/c1cc(Br)c2c(c1)OCCO2. The monoisotopic (exact) mass is 325 g/mol. The van der Waals surface area contributed by atoms with Gasteiger partial charge in [0, 0.05) is 6.04 Å². The Morgan fingerprint density at radius 1 is 1.37 bits per heavy atom. The summed E-state index contributed by atoms with van der Waals surface area (Å²) >= 11 is 3.53. The number of hydrogen-bond donors (Lipinski definition) is 1.